The minimum absolute atomic E-state index is 0.233. The summed E-state index contributed by atoms with van der Waals surface area (Å²) in [6.45, 7) is 11.1. The van der Waals surface area contributed by atoms with Crippen molar-refractivity contribution in [2.24, 2.45) is 5.92 Å². The van der Waals surface area contributed by atoms with E-state index in [0.717, 1.165) is 45.6 Å². The largest absolute Gasteiger partial charge is 0.373 e. The predicted molar refractivity (Wildman–Crippen MR) is 92.8 cm³/mol. The van der Waals surface area contributed by atoms with Crippen molar-refractivity contribution >= 4 is 11.9 Å². The van der Waals surface area contributed by atoms with E-state index in [1.54, 1.807) is 0 Å². The van der Waals surface area contributed by atoms with Gasteiger partial charge in [0.2, 0.25) is 5.91 Å². The van der Waals surface area contributed by atoms with Gasteiger partial charge in [0.15, 0.2) is 0 Å². The summed E-state index contributed by atoms with van der Waals surface area (Å²) in [5.41, 5.74) is 0. The molecule has 7 heteroatoms. The maximum atomic E-state index is 12.0. The van der Waals surface area contributed by atoms with Gasteiger partial charge in [-0.1, -0.05) is 0 Å². The Morgan fingerprint density at radius 1 is 1.17 bits per heavy atom. The molecule has 0 aromatic heterocycles. The fourth-order valence-corrected chi connectivity index (χ4v) is 3.77. The standard InChI is InChI=1S/C17H32N4O3/c1-12-9-20(10-13(2)24-12)11-15-5-7-21(8-6-15)14(3)16(22)19-17(23)18-4/h12-15H,5-11H2,1-4H3,(H2,18,19,22,23)/t12-,13+,14-/m0/s1. The summed E-state index contributed by atoms with van der Waals surface area (Å²) in [5.74, 6) is 0.441. The van der Waals surface area contributed by atoms with Crippen molar-refractivity contribution in [2.45, 2.75) is 51.9 Å². The van der Waals surface area contributed by atoms with Gasteiger partial charge in [0.05, 0.1) is 18.2 Å². The van der Waals surface area contributed by atoms with E-state index in [1.807, 2.05) is 6.92 Å². The Hall–Kier alpha value is -1.18. The molecular formula is C17H32N4O3. The molecule has 0 saturated carbocycles. The first-order chi connectivity index (χ1) is 11.4. The van der Waals surface area contributed by atoms with E-state index < -0.39 is 6.03 Å². The number of nitrogens with one attached hydrogen (secondary N) is 2. The second kappa shape index (κ2) is 8.78. The van der Waals surface area contributed by atoms with E-state index in [2.05, 4.69) is 34.3 Å². The highest BCUT2D eigenvalue weighted by Gasteiger charge is 2.30. The molecule has 2 fully saturated rings. The van der Waals surface area contributed by atoms with Crippen LogP contribution in [0.25, 0.3) is 0 Å². The summed E-state index contributed by atoms with van der Waals surface area (Å²) in [4.78, 5) is 28.0. The summed E-state index contributed by atoms with van der Waals surface area (Å²) >= 11 is 0. The van der Waals surface area contributed by atoms with Crippen LogP contribution in [0, 0.1) is 5.92 Å². The van der Waals surface area contributed by atoms with Crippen LogP contribution in [0.1, 0.15) is 33.6 Å². The van der Waals surface area contributed by atoms with Crippen molar-refractivity contribution < 1.29 is 14.3 Å². The topological polar surface area (TPSA) is 73.9 Å². The molecule has 2 N–H and O–H groups in total. The fraction of sp³-hybridized carbons (Fsp3) is 0.882. The molecule has 3 amide bonds. The van der Waals surface area contributed by atoms with Gasteiger partial charge in [-0.25, -0.2) is 4.79 Å². The molecule has 2 saturated heterocycles. The lowest BCUT2D eigenvalue weighted by Crippen LogP contribution is -2.52. The Kier molecular flexibility index (Phi) is 7.01. The average molecular weight is 340 g/mol. The number of carbonyl (C=O) groups excluding carboxylic acids is 2. The molecule has 2 rings (SSSR count). The lowest BCUT2D eigenvalue weighted by molar-refractivity contribution is -0.125. The molecule has 138 valence electrons. The lowest BCUT2D eigenvalue weighted by Gasteiger charge is -2.40. The van der Waals surface area contributed by atoms with Crippen LogP contribution in [-0.4, -0.2) is 79.8 Å². The Labute approximate surface area is 145 Å². The van der Waals surface area contributed by atoms with Crippen LogP contribution in [0.2, 0.25) is 0 Å². The molecule has 0 radical (unpaired) electrons. The van der Waals surface area contributed by atoms with Crippen molar-refractivity contribution in [3.63, 3.8) is 0 Å². The van der Waals surface area contributed by atoms with Crippen LogP contribution >= 0.6 is 0 Å². The molecule has 0 aromatic rings. The second-order valence-corrected chi connectivity index (χ2v) is 7.20. The van der Waals surface area contributed by atoms with Gasteiger partial charge >= 0.3 is 6.03 Å². The molecule has 0 unspecified atom stereocenters. The molecule has 24 heavy (non-hydrogen) atoms. The number of nitrogens with zero attached hydrogens (tertiary/aromatic N) is 2. The number of imide groups is 1. The van der Waals surface area contributed by atoms with Crippen molar-refractivity contribution in [3.05, 3.63) is 0 Å². The van der Waals surface area contributed by atoms with E-state index >= 15 is 0 Å². The smallest absolute Gasteiger partial charge is 0.321 e. The Bertz CT molecular complexity index is 428. The first kappa shape index (κ1) is 19.1. The molecule has 0 aliphatic carbocycles. The molecule has 0 bridgehead atoms. The number of morpholine rings is 1. The summed E-state index contributed by atoms with van der Waals surface area (Å²) in [7, 11) is 1.51. The van der Waals surface area contributed by atoms with Crippen LogP contribution in [-0.2, 0) is 9.53 Å². The quantitative estimate of drug-likeness (QED) is 0.786. The zero-order chi connectivity index (χ0) is 17.7. The van der Waals surface area contributed by atoms with Crippen LogP contribution in [0.3, 0.4) is 0 Å². The van der Waals surface area contributed by atoms with Gasteiger partial charge in [0, 0.05) is 26.7 Å². The molecule has 3 atom stereocenters. The Balaban J connectivity index is 1.74. The Morgan fingerprint density at radius 3 is 2.29 bits per heavy atom. The SMILES string of the molecule is CNC(=O)NC(=O)[C@H](C)N1CCC(CN2C[C@@H](C)O[C@@H](C)C2)CC1. The molecule has 2 heterocycles. The number of rotatable bonds is 4. The maximum absolute atomic E-state index is 12.0. The molecule has 0 aromatic carbocycles. The van der Waals surface area contributed by atoms with E-state index in [4.69, 9.17) is 4.74 Å². The van der Waals surface area contributed by atoms with Crippen LogP contribution < -0.4 is 10.6 Å². The zero-order valence-electron chi connectivity index (χ0n) is 15.4. The number of amides is 3. The van der Waals surface area contributed by atoms with Gasteiger partial charge in [-0.2, -0.15) is 0 Å². The summed E-state index contributed by atoms with van der Waals surface area (Å²) in [6.07, 6.45) is 2.81. The zero-order valence-corrected chi connectivity index (χ0v) is 15.4. The third-order valence-corrected chi connectivity index (χ3v) is 5.05. The fourth-order valence-electron chi connectivity index (χ4n) is 3.77. The minimum atomic E-state index is -0.447. The number of urea groups is 1. The molecule has 2 aliphatic rings. The van der Waals surface area contributed by atoms with Crippen LogP contribution in [0.15, 0.2) is 0 Å². The lowest BCUT2D eigenvalue weighted by atomic mass is 9.94. The molecule has 7 nitrogen and oxygen atoms in total. The van der Waals surface area contributed by atoms with Gasteiger partial charge in [-0.3, -0.25) is 19.9 Å². The highest BCUT2D eigenvalue weighted by Crippen LogP contribution is 2.22. The van der Waals surface area contributed by atoms with Crippen molar-refractivity contribution in [3.8, 4) is 0 Å². The first-order valence-electron chi connectivity index (χ1n) is 9.03. The van der Waals surface area contributed by atoms with E-state index in [1.165, 1.54) is 7.05 Å². The number of piperidine rings is 1. The van der Waals surface area contributed by atoms with Crippen molar-refractivity contribution in [2.75, 3.05) is 39.8 Å². The van der Waals surface area contributed by atoms with E-state index in [-0.39, 0.29) is 11.9 Å². The number of carbonyl (C=O) groups is 2. The second-order valence-electron chi connectivity index (χ2n) is 7.20. The third kappa shape index (κ3) is 5.43. The van der Waals surface area contributed by atoms with Crippen molar-refractivity contribution in [1.82, 2.24) is 20.4 Å². The number of ether oxygens (including phenoxy) is 1. The average Bonchev–Trinajstić information content (AvgIpc) is 2.53. The maximum Gasteiger partial charge on any atom is 0.321 e. The predicted octanol–water partition coefficient (Wildman–Crippen LogP) is 0.652. The molecule has 0 spiro atoms. The highest BCUT2D eigenvalue weighted by atomic mass is 16.5. The summed E-state index contributed by atoms with van der Waals surface area (Å²) in [6, 6.07) is -0.719. The number of hydrogen-bond donors (Lipinski definition) is 2. The van der Waals surface area contributed by atoms with E-state index in [9.17, 15) is 9.59 Å². The summed E-state index contributed by atoms with van der Waals surface area (Å²) in [5, 5.41) is 4.77. The molecular weight excluding hydrogens is 308 g/mol. The van der Waals surface area contributed by atoms with Crippen molar-refractivity contribution in [1.29, 1.82) is 0 Å². The highest BCUT2D eigenvalue weighted by molar-refractivity contribution is 5.96. The Morgan fingerprint density at radius 2 is 1.75 bits per heavy atom. The van der Waals surface area contributed by atoms with Crippen LogP contribution in [0.5, 0.6) is 0 Å². The minimum Gasteiger partial charge on any atom is -0.373 e. The van der Waals surface area contributed by atoms with Gasteiger partial charge < -0.3 is 10.1 Å². The van der Waals surface area contributed by atoms with Gasteiger partial charge in [-0.05, 0) is 52.6 Å². The normalized spacial score (nSPS) is 28.3. The third-order valence-electron chi connectivity index (χ3n) is 5.05. The van der Waals surface area contributed by atoms with Gasteiger partial charge in [-0.15, -0.1) is 0 Å². The number of hydrogen-bond acceptors (Lipinski definition) is 5. The molecule has 2 aliphatic heterocycles. The number of likely N-dealkylation sites (tertiary alicyclic amines) is 1. The van der Waals surface area contributed by atoms with E-state index in [0.29, 0.717) is 18.1 Å². The monoisotopic (exact) mass is 340 g/mol. The van der Waals surface area contributed by atoms with Gasteiger partial charge in [0.1, 0.15) is 0 Å². The van der Waals surface area contributed by atoms with Gasteiger partial charge in [0.25, 0.3) is 0 Å². The summed E-state index contributed by atoms with van der Waals surface area (Å²) < 4.78 is 5.79. The van der Waals surface area contributed by atoms with Crippen LogP contribution in [0.4, 0.5) is 4.79 Å². The first-order valence-corrected chi connectivity index (χ1v) is 9.03.